The zero-order valence-electron chi connectivity index (χ0n) is 18.8. The lowest BCUT2D eigenvalue weighted by Gasteiger charge is -2.35. The summed E-state index contributed by atoms with van der Waals surface area (Å²) in [7, 11) is 0. The summed E-state index contributed by atoms with van der Waals surface area (Å²) in [5, 5.41) is 12.3. The lowest BCUT2D eigenvalue weighted by molar-refractivity contribution is -0.418. The van der Waals surface area contributed by atoms with Gasteiger partial charge in [-0.05, 0) is 25.5 Å². The van der Waals surface area contributed by atoms with Crippen molar-refractivity contribution in [3.63, 3.8) is 0 Å². The first-order valence-corrected chi connectivity index (χ1v) is 10.4. The van der Waals surface area contributed by atoms with E-state index >= 15 is 0 Å². The van der Waals surface area contributed by atoms with Gasteiger partial charge in [0.15, 0.2) is 5.79 Å². The number of nitro groups is 1. The smallest absolute Gasteiger partial charge is 0.302 e. The Bertz CT molecular complexity index is 953. The number of esters is 1. The number of carbonyl (C=O) groups is 3. The Balaban J connectivity index is 1.77. The standard InChI is InChI=1S/C21H26N4O9/c1-13(26)31-12-15-17-18(34-21(2,3)33-17)19(32-15)24(20(28)23-25(29)30)10-9-16(27)22-11-14-7-5-4-6-8-14/h4-10,15,17-19H,11-12H2,1-3H3,(H2,22,23,27,28)/p-1/b10-9-/t15-,17-,18-,19-/m1/s1. The van der Waals surface area contributed by atoms with Crippen molar-refractivity contribution >= 4 is 17.9 Å². The predicted octanol–water partition coefficient (Wildman–Crippen LogP) is 1.61. The lowest BCUT2D eigenvalue weighted by Crippen LogP contribution is -2.44. The van der Waals surface area contributed by atoms with E-state index < -0.39 is 53.3 Å². The van der Waals surface area contributed by atoms with Gasteiger partial charge in [-0.1, -0.05) is 42.0 Å². The topological polar surface area (TPSA) is 161 Å². The largest absolute Gasteiger partial charge is 0.463 e. The zero-order chi connectivity index (χ0) is 24.9. The Morgan fingerprint density at radius 2 is 1.91 bits per heavy atom. The molecule has 2 saturated heterocycles. The predicted molar refractivity (Wildman–Crippen MR) is 114 cm³/mol. The third kappa shape index (κ3) is 6.50. The molecule has 2 aliphatic heterocycles. The van der Waals surface area contributed by atoms with E-state index in [0.717, 1.165) is 22.7 Å². The van der Waals surface area contributed by atoms with E-state index in [1.54, 1.807) is 13.8 Å². The molecular formula is C21H25N4O9-. The molecule has 0 aliphatic carbocycles. The number of urea groups is 1. The van der Waals surface area contributed by atoms with E-state index in [-0.39, 0.29) is 13.2 Å². The van der Waals surface area contributed by atoms with Crippen LogP contribution in [0.3, 0.4) is 0 Å². The number of nitrogens with zero attached hydrogens (tertiary/aromatic N) is 3. The third-order valence-electron chi connectivity index (χ3n) is 4.93. The molecule has 1 N–H and O–H groups in total. The van der Waals surface area contributed by atoms with E-state index in [1.165, 1.54) is 6.92 Å². The van der Waals surface area contributed by atoms with Crippen molar-refractivity contribution in [2.75, 3.05) is 6.61 Å². The molecule has 1 aromatic carbocycles. The molecule has 34 heavy (non-hydrogen) atoms. The van der Waals surface area contributed by atoms with Gasteiger partial charge in [0, 0.05) is 13.5 Å². The fourth-order valence-corrected chi connectivity index (χ4v) is 3.59. The van der Waals surface area contributed by atoms with Gasteiger partial charge in [-0.25, -0.2) is 0 Å². The summed E-state index contributed by atoms with van der Waals surface area (Å²) < 4.78 is 22.5. The number of carbonyl (C=O) groups excluding carboxylic acids is 3. The summed E-state index contributed by atoms with van der Waals surface area (Å²) in [6, 6.07) is 7.84. The van der Waals surface area contributed by atoms with Crippen LogP contribution in [0.2, 0.25) is 0 Å². The highest BCUT2D eigenvalue weighted by Gasteiger charge is 2.55. The quantitative estimate of drug-likeness (QED) is 0.254. The number of hydrogen-bond acceptors (Lipinski definition) is 9. The molecule has 2 fully saturated rings. The van der Waals surface area contributed by atoms with Gasteiger partial charge in [-0.3, -0.25) is 24.5 Å². The summed E-state index contributed by atoms with van der Waals surface area (Å²) in [6.45, 7) is 4.55. The van der Waals surface area contributed by atoms with E-state index in [1.807, 2.05) is 30.3 Å². The minimum absolute atomic E-state index is 0.192. The maximum Gasteiger partial charge on any atom is 0.302 e. The molecule has 184 valence electrons. The number of benzene rings is 1. The molecule has 0 radical (unpaired) electrons. The maximum absolute atomic E-state index is 12.5. The van der Waals surface area contributed by atoms with Crippen LogP contribution in [0.1, 0.15) is 26.3 Å². The van der Waals surface area contributed by atoms with Crippen LogP contribution in [0.15, 0.2) is 42.6 Å². The average Bonchev–Trinajstić information content (AvgIpc) is 3.24. The fourth-order valence-electron chi connectivity index (χ4n) is 3.59. The SMILES string of the molecule is CC(=O)OC[C@H]1O[C@@H](N(/C=C\C(=O)NCc2ccccc2)C(=O)[N-][N+](=O)[O-])[C@@H]2OC(C)(C)O[C@@H]21. The van der Waals surface area contributed by atoms with Gasteiger partial charge in [0.25, 0.3) is 0 Å². The van der Waals surface area contributed by atoms with Gasteiger partial charge in [0.05, 0.1) is 5.03 Å². The summed E-state index contributed by atoms with van der Waals surface area (Å²) in [5.41, 5.74) is 3.66. The Hall–Kier alpha value is -3.55. The third-order valence-corrected chi connectivity index (χ3v) is 4.93. The molecule has 0 saturated carbocycles. The Morgan fingerprint density at radius 3 is 2.56 bits per heavy atom. The van der Waals surface area contributed by atoms with Gasteiger partial charge >= 0.3 is 5.97 Å². The molecular weight excluding hydrogens is 452 g/mol. The number of rotatable bonds is 8. The number of ether oxygens (including phenoxy) is 4. The average molecular weight is 477 g/mol. The van der Waals surface area contributed by atoms with Crippen LogP contribution in [0.4, 0.5) is 4.79 Å². The summed E-state index contributed by atoms with van der Waals surface area (Å²) >= 11 is 0. The molecule has 4 atom stereocenters. The highest BCUT2D eigenvalue weighted by molar-refractivity contribution is 5.90. The number of fused-ring (bicyclic) bond motifs is 1. The summed E-state index contributed by atoms with van der Waals surface area (Å²) in [4.78, 5) is 47.7. The highest BCUT2D eigenvalue weighted by Crippen LogP contribution is 2.40. The second-order valence-corrected chi connectivity index (χ2v) is 7.98. The van der Waals surface area contributed by atoms with Crippen molar-refractivity contribution < 1.29 is 38.4 Å². The Labute approximate surface area is 195 Å². The first-order chi connectivity index (χ1) is 16.1. The van der Waals surface area contributed by atoms with E-state index in [4.69, 9.17) is 18.9 Å². The van der Waals surface area contributed by atoms with Crippen LogP contribution in [0, 0.1) is 10.1 Å². The molecule has 13 heteroatoms. The van der Waals surface area contributed by atoms with Gasteiger partial charge < -0.3 is 29.2 Å². The Morgan fingerprint density at radius 1 is 1.24 bits per heavy atom. The molecule has 2 aliphatic rings. The Kier molecular flexibility index (Phi) is 7.81. The molecule has 0 bridgehead atoms. The number of amides is 3. The number of hydrogen-bond donors (Lipinski definition) is 1. The van der Waals surface area contributed by atoms with Gasteiger partial charge in [-0.15, -0.1) is 0 Å². The van der Waals surface area contributed by atoms with Gasteiger partial charge in [0.2, 0.25) is 11.9 Å². The van der Waals surface area contributed by atoms with Crippen LogP contribution in [0.25, 0.3) is 5.43 Å². The van der Waals surface area contributed by atoms with Crippen molar-refractivity contribution in [3.8, 4) is 0 Å². The summed E-state index contributed by atoms with van der Waals surface area (Å²) in [6.07, 6.45) is -1.65. The highest BCUT2D eigenvalue weighted by atomic mass is 16.8. The molecule has 13 nitrogen and oxygen atoms in total. The molecule has 0 unspecified atom stereocenters. The number of nitrogens with one attached hydrogen (secondary N) is 1. The van der Waals surface area contributed by atoms with Crippen LogP contribution < -0.4 is 5.32 Å². The molecule has 3 rings (SSSR count). The van der Waals surface area contributed by atoms with E-state index in [9.17, 15) is 24.5 Å². The summed E-state index contributed by atoms with van der Waals surface area (Å²) in [5.74, 6) is -2.16. The zero-order valence-corrected chi connectivity index (χ0v) is 18.8. The van der Waals surface area contributed by atoms with E-state index in [0.29, 0.717) is 0 Å². The van der Waals surface area contributed by atoms with Crippen LogP contribution in [0.5, 0.6) is 0 Å². The van der Waals surface area contributed by atoms with Gasteiger partial charge in [0.1, 0.15) is 31.1 Å². The fraction of sp³-hybridized carbons (Fsp3) is 0.476. The molecule has 0 spiro atoms. The minimum Gasteiger partial charge on any atom is -0.463 e. The van der Waals surface area contributed by atoms with Crippen LogP contribution >= 0.6 is 0 Å². The lowest BCUT2D eigenvalue weighted by atomic mass is 10.1. The van der Waals surface area contributed by atoms with Crippen molar-refractivity contribution in [1.29, 1.82) is 0 Å². The minimum atomic E-state index is -1.29. The maximum atomic E-state index is 12.5. The molecule has 3 amide bonds. The van der Waals surface area contributed by atoms with Crippen molar-refractivity contribution in [1.82, 2.24) is 10.2 Å². The second kappa shape index (κ2) is 10.6. The van der Waals surface area contributed by atoms with Gasteiger partial charge in [-0.2, -0.15) is 0 Å². The van der Waals surface area contributed by atoms with Crippen LogP contribution in [-0.2, 0) is 35.1 Å². The van der Waals surface area contributed by atoms with E-state index in [2.05, 4.69) is 10.7 Å². The second-order valence-electron chi connectivity index (χ2n) is 7.98. The first-order valence-electron chi connectivity index (χ1n) is 10.4. The van der Waals surface area contributed by atoms with Crippen molar-refractivity contribution in [2.24, 2.45) is 0 Å². The normalized spacial score (nSPS) is 24.9. The van der Waals surface area contributed by atoms with Crippen LogP contribution in [-0.4, -0.2) is 64.8 Å². The first kappa shape index (κ1) is 25.1. The monoisotopic (exact) mass is 477 g/mol. The van der Waals surface area contributed by atoms with Crippen molar-refractivity contribution in [2.45, 2.75) is 57.6 Å². The molecule has 2 heterocycles. The molecule has 1 aromatic rings. The molecule has 0 aromatic heterocycles. The van der Waals surface area contributed by atoms with Crippen molar-refractivity contribution in [3.05, 3.63) is 63.7 Å².